The van der Waals surface area contributed by atoms with Crippen molar-refractivity contribution in [3.8, 4) is 0 Å². The minimum absolute atomic E-state index is 0.303. The first-order valence-corrected chi connectivity index (χ1v) is 4.57. The van der Waals surface area contributed by atoms with Crippen molar-refractivity contribution in [2.45, 2.75) is 13.3 Å². The molecule has 0 amide bonds. The highest BCUT2D eigenvalue weighted by Crippen LogP contribution is 2.12. The van der Waals surface area contributed by atoms with Gasteiger partial charge in [0.05, 0.1) is 12.7 Å². The minimum Gasteiger partial charge on any atom is -0.465 e. The maximum Gasteiger partial charge on any atom is 0.337 e. The van der Waals surface area contributed by atoms with Crippen LogP contribution in [0.1, 0.15) is 21.5 Å². The van der Waals surface area contributed by atoms with Crippen LogP contribution in [0, 0.1) is 6.92 Å². The van der Waals surface area contributed by atoms with E-state index in [0.717, 1.165) is 17.5 Å². The van der Waals surface area contributed by atoms with E-state index in [1.807, 2.05) is 19.1 Å². The number of aryl methyl sites for hydroxylation is 1. The lowest BCUT2D eigenvalue weighted by atomic mass is 10.0. The number of hydrogen-bond donors (Lipinski definition) is 1. The fourth-order valence-corrected chi connectivity index (χ4v) is 1.34. The normalized spacial score (nSPS) is 9.93. The molecule has 0 aliphatic rings. The van der Waals surface area contributed by atoms with Gasteiger partial charge >= 0.3 is 5.97 Å². The van der Waals surface area contributed by atoms with E-state index in [0.29, 0.717) is 12.1 Å². The number of carbonyl (C=O) groups excluding carboxylic acids is 1. The van der Waals surface area contributed by atoms with Crippen LogP contribution in [0.4, 0.5) is 0 Å². The number of hydrogen-bond acceptors (Lipinski definition) is 3. The fraction of sp³-hybridized carbons (Fsp3) is 0.364. The molecule has 1 aromatic rings. The Balaban J connectivity index is 2.99. The van der Waals surface area contributed by atoms with Crippen LogP contribution in [0.2, 0.25) is 0 Å². The first-order valence-electron chi connectivity index (χ1n) is 4.57. The maximum atomic E-state index is 11.2. The largest absolute Gasteiger partial charge is 0.465 e. The van der Waals surface area contributed by atoms with Gasteiger partial charge in [0.25, 0.3) is 0 Å². The summed E-state index contributed by atoms with van der Waals surface area (Å²) in [7, 11) is 1.38. The van der Waals surface area contributed by atoms with Gasteiger partial charge < -0.3 is 10.5 Å². The van der Waals surface area contributed by atoms with Gasteiger partial charge in [-0.1, -0.05) is 6.07 Å². The number of rotatable bonds is 3. The predicted molar refractivity (Wildman–Crippen MR) is 55.3 cm³/mol. The highest BCUT2D eigenvalue weighted by molar-refractivity contribution is 5.89. The monoisotopic (exact) mass is 193 g/mol. The van der Waals surface area contributed by atoms with Crippen LogP contribution in [0.3, 0.4) is 0 Å². The van der Waals surface area contributed by atoms with Gasteiger partial charge in [-0.05, 0) is 43.1 Å². The van der Waals surface area contributed by atoms with Crippen molar-refractivity contribution in [3.05, 3.63) is 34.9 Å². The summed E-state index contributed by atoms with van der Waals surface area (Å²) < 4.78 is 4.64. The van der Waals surface area contributed by atoms with Gasteiger partial charge in [0.1, 0.15) is 0 Å². The molecule has 76 valence electrons. The van der Waals surface area contributed by atoms with Crippen molar-refractivity contribution in [2.75, 3.05) is 13.7 Å². The molecule has 0 aliphatic carbocycles. The van der Waals surface area contributed by atoms with E-state index >= 15 is 0 Å². The standard InChI is InChI=1S/C11H15NO2/c1-8-3-4-10(11(13)14-2)7-9(8)5-6-12/h3-4,7H,5-6,12H2,1-2H3. The van der Waals surface area contributed by atoms with Crippen molar-refractivity contribution < 1.29 is 9.53 Å². The Bertz CT molecular complexity index is 334. The second-order valence-corrected chi connectivity index (χ2v) is 3.17. The third kappa shape index (κ3) is 2.33. The first kappa shape index (κ1) is 10.7. The van der Waals surface area contributed by atoms with Gasteiger partial charge in [0, 0.05) is 0 Å². The third-order valence-electron chi connectivity index (χ3n) is 2.18. The number of nitrogens with two attached hydrogens (primary N) is 1. The van der Waals surface area contributed by atoms with Gasteiger partial charge in [0.2, 0.25) is 0 Å². The Morgan fingerprint density at radius 3 is 2.79 bits per heavy atom. The molecule has 1 aromatic carbocycles. The number of esters is 1. The van der Waals surface area contributed by atoms with E-state index in [9.17, 15) is 4.79 Å². The van der Waals surface area contributed by atoms with Crippen molar-refractivity contribution >= 4 is 5.97 Å². The molecule has 0 aromatic heterocycles. The molecule has 0 saturated heterocycles. The molecule has 2 N–H and O–H groups in total. The van der Waals surface area contributed by atoms with Crippen molar-refractivity contribution in [1.29, 1.82) is 0 Å². The number of ether oxygens (including phenoxy) is 1. The average Bonchev–Trinajstić information content (AvgIpc) is 2.20. The lowest BCUT2D eigenvalue weighted by Crippen LogP contribution is -2.07. The van der Waals surface area contributed by atoms with Gasteiger partial charge in [-0.15, -0.1) is 0 Å². The second-order valence-electron chi connectivity index (χ2n) is 3.17. The minimum atomic E-state index is -0.303. The molecule has 0 atom stereocenters. The first-order chi connectivity index (χ1) is 6.69. The zero-order valence-electron chi connectivity index (χ0n) is 8.54. The molecule has 0 fully saturated rings. The topological polar surface area (TPSA) is 52.3 Å². The number of methoxy groups -OCH3 is 1. The molecular formula is C11H15NO2. The van der Waals surface area contributed by atoms with E-state index in [2.05, 4.69) is 4.74 Å². The molecule has 0 heterocycles. The molecule has 3 nitrogen and oxygen atoms in total. The van der Waals surface area contributed by atoms with Crippen molar-refractivity contribution in [3.63, 3.8) is 0 Å². The van der Waals surface area contributed by atoms with Crippen molar-refractivity contribution in [2.24, 2.45) is 5.73 Å². The Hall–Kier alpha value is -1.35. The summed E-state index contributed by atoms with van der Waals surface area (Å²) in [5.74, 6) is -0.303. The summed E-state index contributed by atoms with van der Waals surface area (Å²) in [6.07, 6.45) is 0.788. The molecule has 0 saturated carbocycles. The number of benzene rings is 1. The van der Waals surface area contributed by atoms with Crippen LogP contribution in [0.15, 0.2) is 18.2 Å². The fourth-order valence-electron chi connectivity index (χ4n) is 1.34. The predicted octanol–water partition coefficient (Wildman–Crippen LogP) is 1.28. The molecule has 0 spiro atoms. The van der Waals surface area contributed by atoms with E-state index < -0.39 is 0 Å². The molecule has 0 unspecified atom stereocenters. The Morgan fingerprint density at radius 2 is 2.21 bits per heavy atom. The lowest BCUT2D eigenvalue weighted by molar-refractivity contribution is 0.0600. The van der Waals surface area contributed by atoms with Crippen LogP contribution < -0.4 is 5.73 Å². The van der Waals surface area contributed by atoms with Crippen LogP contribution in [-0.4, -0.2) is 19.6 Å². The SMILES string of the molecule is COC(=O)c1ccc(C)c(CCN)c1. The molecule has 0 bridgehead atoms. The lowest BCUT2D eigenvalue weighted by Gasteiger charge is -2.06. The zero-order valence-corrected chi connectivity index (χ0v) is 8.54. The van der Waals surface area contributed by atoms with Gasteiger partial charge in [0.15, 0.2) is 0 Å². The summed E-state index contributed by atoms with van der Waals surface area (Å²) in [6, 6.07) is 5.52. The molecule has 3 heteroatoms. The quantitative estimate of drug-likeness (QED) is 0.736. The van der Waals surface area contributed by atoms with E-state index in [4.69, 9.17) is 5.73 Å². The average molecular weight is 193 g/mol. The Labute approximate surface area is 83.9 Å². The highest BCUT2D eigenvalue weighted by atomic mass is 16.5. The zero-order chi connectivity index (χ0) is 10.6. The van der Waals surface area contributed by atoms with E-state index in [1.165, 1.54) is 7.11 Å². The summed E-state index contributed by atoms with van der Waals surface area (Å²) in [5, 5.41) is 0. The van der Waals surface area contributed by atoms with Crippen LogP contribution in [-0.2, 0) is 11.2 Å². The van der Waals surface area contributed by atoms with Crippen molar-refractivity contribution in [1.82, 2.24) is 0 Å². The van der Waals surface area contributed by atoms with Gasteiger partial charge in [-0.3, -0.25) is 0 Å². The summed E-state index contributed by atoms with van der Waals surface area (Å²) in [4.78, 5) is 11.2. The molecular weight excluding hydrogens is 178 g/mol. The van der Waals surface area contributed by atoms with Crippen LogP contribution >= 0.6 is 0 Å². The summed E-state index contributed by atoms with van der Waals surface area (Å²) in [6.45, 7) is 2.59. The Kier molecular flexibility index (Phi) is 3.65. The van der Waals surface area contributed by atoms with Gasteiger partial charge in [-0.25, -0.2) is 4.79 Å². The van der Waals surface area contributed by atoms with Crippen LogP contribution in [0.5, 0.6) is 0 Å². The highest BCUT2D eigenvalue weighted by Gasteiger charge is 2.06. The van der Waals surface area contributed by atoms with Crippen LogP contribution in [0.25, 0.3) is 0 Å². The molecule has 14 heavy (non-hydrogen) atoms. The number of carbonyl (C=O) groups is 1. The Morgan fingerprint density at radius 1 is 1.50 bits per heavy atom. The van der Waals surface area contributed by atoms with E-state index in [1.54, 1.807) is 6.07 Å². The molecule has 1 rings (SSSR count). The molecule has 0 radical (unpaired) electrons. The van der Waals surface area contributed by atoms with E-state index in [-0.39, 0.29) is 5.97 Å². The summed E-state index contributed by atoms with van der Waals surface area (Å²) >= 11 is 0. The second kappa shape index (κ2) is 4.77. The maximum absolute atomic E-state index is 11.2. The third-order valence-corrected chi connectivity index (χ3v) is 2.18. The smallest absolute Gasteiger partial charge is 0.337 e. The molecule has 0 aliphatic heterocycles. The summed E-state index contributed by atoms with van der Waals surface area (Å²) in [5.41, 5.74) is 8.32. The van der Waals surface area contributed by atoms with Gasteiger partial charge in [-0.2, -0.15) is 0 Å².